The third-order valence-electron chi connectivity index (χ3n) is 1.98. The molecule has 0 spiro atoms. The minimum Gasteiger partial charge on any atom is -0.302 e. The molecule has 2 rings (SSSR count). The van der Waals surface area contributed by atoms with Gasteiger partial charge in [-0.2, -0.15) is 0 Å². The van der Waals surface area contributed by atoms with E-state index in [1.807, 2.05) is 0 Å². The van der Waals surface area contributed by atoms with Crippen LogP contribution in [0.1, 0.15) is 5.56 Å². The summed E-state index contributed by atoms with van der Waals surface area (Å²) in [4.78, 5) is 11.1. The van der Waals surface area contributed by atoms with Crippen molar-refractivity contribution in [1.29, 1.82) is 0 Å². The summed E-state index contributed by atoms with van der Waals surface area (Å²) in [7, 11) is 0. The van der Waals surface area contributed by atoms with Gasteiger partial charge in [-0.05, 0) is 17.7 Å². The molecule has 0 N–H and O–H groups in total. The highest BCUT2D eigenvalue weighted by molar-refractivity contribution is 7.07. The van der Waals surface area contributed by atoms with E-state index in [0.29, 0.717) is 5.56 Å². The maximum Gasteiger partial charge on any atom is 0.307 e. The van der Waals surface area contributed by atoms with Crippen molar-refractivity contribution in [3.8, 4) is 0 Å². The zero-order valence-electron chi connectivity index (χ0n) is 7.61. The van der Waals surface area contributed by atoms with E-state index in [-0.39, 0.29) is 11.4 Å². The number of hydrogen-bond acceptors (Lipinski definition) is 2. The Morgan fingerprint density at radius 3 is 2.67 bits per heavy atom. The second-order valence-corrected chi connectivity index (χ2v) is 3.90. The van der Waals surface area contributed by atoms with Crippen LogP contribution in [0.2, 0.25) is 0 Å². The molecule has 0 aliphatic carbocycles. The fraction of sp³-hybridized carbons (Fsp3) is 0.100. The van der Waals surface area contributed by atoms with E-state index in [2.05, 4.69) is 0 Å². The van der Waals surface area contributed by atoms with Crippen LogP contribution in [0.4, 0.5) is 8.78 Å². The molecule has 0 radical (unpaired) electrons. The summed E-state index contributed by atoms with van der Waals surface area (Å²) in [5.74, 6) is -1.77. The van der Waals surface area contributed by atoms with Crippen LogP contribution in [-0.2, 0) is 6.54 Å². The van der Waals surface area contributed by atoms with Gasteiger partial charge in [0.25, 0.3) is 0 Å². The maximum atomic E-state index is 12.8. The van der Waals surface area contributed by atoms with Crippen LogP contribution in [0.25, 0.3) is 0 Å². The van der Waals surface area contributed by atoms with Gasteiger partial charge in [0.15, 0.2) is 11.6 Å². The van der Waals surface area contributed by atoms with Gasteiger partial charge in [0.1, 0.15) is 0 Å². The summed E-state index contributed by atoms with van der Waals surface area (Å²) < 4.78 is 26.9. The average Bonchev–Trinajstić information content (AvgIpc) is 2.59. The smallest absolute Gasteiger partial charge is 0.302 e. The molecule has 0 saturated heterocycles. The van der Waals surface area contributed by atoms with Crippen molar-refractivity contribution in [2.45, 2.75) is 6.54 Å². The number of rotatable bonds is 2. The van der Waals surface area contributed by atoms with Crippen molar-refractivity contribution in [1.82, 2.24) is 4.57 Å². The van der Waals surface area contributed by atoms with Crippen molar-refractivity contribution >= 4 is 11.3 Å². The number of hydrogen-bond donors (Lipinski definition) is 0. The SMILES string of the molecule is O=c1sccn1Cc1ccc(F)c(F)c1. The summed E-state index contributed by atoms with van der Waals surface area (Å²) in [5, 5.41) is 1.65. The first-order valence-corrected chi connectivity index (χ1v) is 5.12. The Kier molecular flexibility index (Phi) is 2.64. The van der Waals surface area contributed by atoms with Gasteiger partial charge in [0.2, 0.25) is 0 Å². The summed E-state index contributed by atoms with van der Waals surface area (Å²) >= 11 is 1.07. The molecular weight excluding hydrogens is 220 g/mol. The van der Waals surface area contributed by atoms with Gasteiger partial charge in [-0.15, -0.1) is 0 Å². The number of halogens is 2. The van der Waals surface area contributed by atoms with Crippen LogP contribution in [0.15, 0.2) is 34.6 Å². The van der Waals surface area contributed by atoms with Crippen molar-refractivity contribution in [2.24, 2.45) is 0 Å². The zero-order chi connectivity index (χ0) is 10.8. The predicted molar refractivity (Wildman–Crippen MR) is 54.0 cm³/mol. The van der Waals surface area contributed by atoms with Crippen LogP contribution in [0, 0.1) is 11.6 Å². The number of benzene rings is 1. The Morgan fingerprint density at radius 2 is 2.07 bits per heavy atom. The lowest BCUT2D eigenvalue weighted by atomic mass is 10.2. The van der Waals surface area contributed by atoms with Crippen molar-refractivity contribution in [3.63, 3.8) is 0 Å². The normalized spacial score (nSPS) is 10.5. The minimum atomic E-state index is -0.893. The number of aromatic nitrogens is 1. The van der Waals surface area contributed by atoms with E-state index in [1.54, 1.807) is 11.6 Å². The standard InChI is InChI=1S/C10H7F2NOS/c11-8-2-1-7(5-9(8)12)6-13-3-4-15-10(13)14/h1-5H,6H2. The number of thiazole rings is 1. The molecular formula is C10H7F2NOS. The van der Waals surface area contributed by atoms with Crippen molar-refractivity contribution in [3.05, 3.63) is 56.6 Å². The Hall–Kier alpha value is -1.49. The molecule has 0 bridgehead atoms. The van der Waals surface area contributed by atoms with Crippen LogP contribution in [-0.4, -0.2) is 4.57 Å². The molecule has 0 fully saturated rings. The lowest BCUT2D eigenvalue weighted by molar-refractivity contribution is 0.506. The summed E-state index contributed by atoms with van der Waals surface area (Å²) in [6.07, 6.45) is 1.62. The second kappa shape index (κ2) is 3.94. The molecule has 1 aromatic carbocycles. The van der Waals surface area contributed by atoms with Crippen LogP contribution in [0.5, 0.6) is 0 Å². The molecule has 0 unspecified atom stereocenters. The topological polar surface area (TPSA) is 22.0 Å². The van der Waals surface area contributed by atoms with E-state index in [0.717, 1.165) is 23.5 Å². The van der Waals surface area contributed by atoms with E-state index in [9.17, 15) is 13.6 Å². The van der Waals surface area contributed by atoms with Gasteiger partial charge >= 0.3 is 4.87 Å². The fourth-order valence-corrected chi connectivity index (χ4v) is 1.83. The Labute approximate surface area is 88.4 Å². The largest absolute Gasteiger partial charge is 0.307 e. The third-order valence-corrected chi connectivity index (χ3v) is 2.68. The molecule has 2 aromatic rings. The molecule has 15 heavy (non-hydrogen) atoms. The molecule has 1 aromatic heterocycles. The van der Waals surface area contributed by atoms with E-state index in [1.165, 1.54) is 10.6 Å². The summed E-state index contributed by atoms with van der Waals surface area (Å²) in [6.45, 7) is 0.263. The van der Waals surface area contributed by atoms with Crippen LogP contribution < -0.4 is 4.87 Å². The van der Waals surface area contributed by atoms with Gasteiger partial charge in [0.05, 0.1) is 6.54 Å². The fourth-order valence-electron chi connectivity index (χ4n) is 1.24. The van der Waals surface area contributed by atoms with Gasteiger partial charge in [-0.25, -0.2) is 8.78 Å². The molecule has 2 nitrogen and oxygen atoms in total. The Bertz CT molecular complexity index is 532. The summed E-state index contributed by atoms with van der Waals surface area (Å²) in [6, 6.07) is 3.62. The van der Waals surface area contributed by atoms with Gasteiger partial charge in [0, 0.05) is 11.6 Å². The molecule has 0 atom stereocenters. The lowest BCUT2D eigenvalue weighted by Gasteiger charge is -2.02. The average molecular weight is 227 g/mol. The Morgan fingerprint density at radius 1 is 1.27 bits per heavy atom. The number of nitrogens with zero attached hydrogens (tertiary/aromatic N) is 1. The molecule has 78 valence electrons. The van der Waals surface area contributed by atoms with E-state index < -0.39 is 11.6 Å². The van der Waals surface area contributed by atoms with E-state index in [4.69, 9.17) is 0 Å². The highest BCUT2D eigenvalue weighted by atomic mass is 32.1. The molecule has 5 heteroatoms. The molecule has 0 saturated carbocycles. The lowest BCUT2D eigenvalue weighted by Crippen LogP contribution is -2.12. The molecule has 0 amide bonds. The highest BCUT2D eigenvalue weighted by Crippen LogP contribution is 2.09. The van der Waals surface area contributed by atoms with Crippen LogP contribution >= 0.6 is 11.3 Å². The first kappa shape index (κ1) is 10.0. The van der Waals surface area contributed by atoms with Crippen LogP contribution in [0.3, 0.4) is 0 Å². The maximum absolute atomic E-state index is 12.8. The van der Waals surface area contributed by atoms with Gasteiger partial charge in [-0.1, -0.05) is 17.4 Å². The van der Waals surface area contributed by atoms with Gasteiger partial charge < -0.3 is 4.57 Å². The minimum absolute atomic E-state index is 0.111. The first-order chi connectivity index (χ1) is 7.16. The van der Waals surface area contributed by atoms with E-state index >= 15 is 0 Å². The first-order valence-electron chi connectivity index (χ1n) is 4.24. The molecule has 0 aliphatic rings. The highest BCUT2D eigenvalue weighted by Gasteiger charge is 2.04. The Balaban J connectivity index is 2.29. The molecule has 0 aliphatic heterocycles. The predicted octanol–water partition coefficient (Wildman–Crippen LogP) is 2.24. The second-order valence-electron chi connectivity index (χ2n) is 3.05. The third kappa shape index (κ3) is 2.12. The summed E-state index contributed by atoms with van der Waals surface area (Å²) in [5.41, 5.74) is 0.564. The quantitative estimate of drug-likeness (QED) is 0.771. The zero-order valence-corrected chi connectivity index (χ0v) is 8.43. The monoisotopic (exact) mass is 227 g/mol. The van der Waals surface area contributed by atoms with Gasteiger partial charge in [-0.3, -0.25) is 4.79 Å². The van der Waals surface area contributed by atoms with Crippen molar-refractivity contribution in [2.75, 3.05) is 0 Å². The molecule has 1 heterocycles. The van der Waals surface area contributed by atoms with Crippen molar-refractivity contribution < 1.29 is 8.78 Å².